The Kier molecular flexibility index (Phi) is 6.79. The van der Waals surface area contributed by atoms with Gasteiger partial charge in [-0.2, -0.15) is 0 Å². The molecule has 0 saturated carbocycles. The fourth-order valence-electron chi connectivity index (χ4n) is 3.65. The van der Waals surface area contributed by atoms with Crippen molar-refractivity contribution < 1.29 is 5.11 Å². The topological polar surface area (TPSA) is 48.7 Å². The summed E-state index contributed by atoms with van der Waals surface area (Å²) in [6, 6.07) is 17.8. The fourth-order valence-corrected chi connectivity index (χ4v) is 3.65. The highest BCUT2D eigenvalue weighted by atomic mass is 16.3. The molecule has 0 bridgehead atoms. The van der Waals surface area contributed by atoms with Crippen LogP contribution in [0, 0.1) is 0 Å². The van der Waals surface area contributed by atoms with E-state index in [0.29, 0.717) is 17.4 Å². The molecule has 0 unspecified atom stereocenters. The number of nitrogens with zero attached hydrogens (tertiary/aromatic N) is 3. The predicted octanol–water partition coefficient (Wildman–Crippen LogP) is 6.91. The number of anilines is 1. The Labute approximate surface area is 186 Å². The lowest BCUT2D eigenvalue weighted by molar-refractivity contribution is 0.477. The van der Waals surface area contributed by atoms with Crippen molar-refractivity contribution in [3.63, 3.8) is 0 Å². The standard InChI is InChI=1S/C27H33N3O/c1-17(2)21-12-10-13-22(18(3)4)27(21)28-19(5)24-15-20(30(6)7)16-25(29-24)23-11-8-9-14-26(23)31/h8-18,31H,1-7H3. The SMILES string of the molecule is CC(=Nc1c(C(C)C)cccc1C(C)C)c1cc(N(C)C)cc(-c2ccccc2O)n1. The van der Waals surface area contributed by atoms with Crippen LogP contribution in [0.1, 0.15) is 63.3 Å². The van der Waals surface area contributed by atoms with Crippen LogP contribution in [0.4, 0.5) is 11.4 Å². The van der Waals surface area contributed by atoms with Gasteiger partial charge in [0.05, 0.1) is 22.8 Å². The second kappa shape index (κ2) is 9.34. The highest BCUT2D eigenvalue weighted by Crippen LogP contribution is 2.36. The zero-order chi connectivity index (χ0) is 22.7. The summed E-state index contributed by atoms with van der Waals surface area (Å²) in [5.74, 6) is 0.977. The summed E-state index contributed by atoms with van der Waals surface area (Å²) in [5, 5.41) is 10.4. The quantitative estimate of drug-likeness (QED) is 0.445. The molecule has 4 nitrogen and oxygen atoms in total. The second-order valence-electron chi connectivity index (χ2n) is 8.80. The van der Waals surface area contributed by atoms with Crippen LogP contribution in [0.2, 0.25) is 0 Å². The van der Waals surface area contributed by atoms with Crippen molar-refractivity contribution in [3.8, 4) is 17.0 Å². The molecule has 162 valence electrons. The number of hydrogen-bond acceptors (Lipinski definition) is 4. The predicted molar refractivity (Wildman–Crippen MR) is 132 cm³/mol. The van der Waals surface area contributed by atoms with Crippen molar-refractivity contribution in [1.29, 1.82) is 0 Å². The van der Waals surface area contributed by atoms with E-state index in [1.165, 1.54) is 11.1 Å². The minimum absolute atomic E-state index is 0.221. The number of aliphatic imine (C=N–C) groups is 1. The normalized spacial score (nSPS) is 12.0. The molecule has 0 aliphatic rings. The molecule has 0 atom stereocenters. The van der Waals surface area contributed by atoms with Crippen molar-refractivity contribution >= 4 is 17.1 Å². The van der Waals surface area contributed by atoms with Crippen LogP contribution < -0.4 is 4.90 Å². The maximum atomic E-state index is 10.4. The Morgan fingerprint density at radius 2 is 1.52 bits per heavy atom. The fraction of sp³-hybridized carbons (Fsp3) is 0.333. The van der Waals surface area contributed by atoms with Gasteiger partial charge in [-0.05, 0) is 54.2 Å². The van der Waals surface area contributed by atoms with Crippen molar-refractivity contribution in [2.45, 2.75) is 46.5 Å². The summed E-state index contributed by atoms with van der Waals surface area (Å²) in [5.41, 5.74) is 7.66. The van der Waals surface area contributed by atoms with Gasteiger partial charge in [0, 0.05) is 25.3 Å². The first-order chi connectivity index (χ1) is 14.7. The second-order valence-corrected chi connectivity index (χ2v) is 8.80. The Hall–Kier alpha value is -3.14. The first kappa shape index (κ1) is 22.5. The number of aromatic hydroxyl groups is 1. The molecule has 0 fully saturated rings. The summed E-state index contributed by atoms with van der Waals surface area (Å²) < 4.78 is 0. The van der Waals surface area contributed by atoms with Gasteiger partial charge < -0.3 is 10.0 Å². The summed E-state index contributed by atoms with van der Waals surface area (Å²) in [4.78, 5) is 12.0. The van der Waals surface area contributed by atoms with Crippen LogP contribution in [0.15, 0.2) is 59.6 Å². The van der Waals surface area contributed by atoms with Crippen LogP contribution in [0.25, 0.3) is 11.3 Å². The molecule has 0 amide bonds. The van der Waals surface area contributed by atoms with E-state index >= 15 is 0 Å². The first-order valence-corrected chi connectivity index (χ1v) is 10.8. The van der Waals surface area contributed by atoms with Crippen LogP contribution in [0.5, 0.6) is 5.75 Å². The molecule has 0 saturated heterocycles. The smallest absolute Gasteiger partial charge is 0.124 e. The molecule has 1 aromatic heterocycles. The van der Waals surface area contributed by atoms with Crippen LogP contribution in [0.3, 0.4) is 0 Å². The maximum absolute atomic E-state index is 10.4. The summed E-state index contributed by atoms with van der Waals surface area (Å²) in [7, 11) is 4.01. The molecule has 0 spiro atoms. The van der Waals surface area contributed by atoms with Gasteiger partial charge in [-0.1, -0.05) is 58.0 Å². The van der Waals surface area contributed by atoms with Gasteiger partial charge in [-0.3, -0.25) is 4.99 Å². The van der Waals surface area contributed by atoms with Gasteiger partial charge in [0.15, 0.2) is 0 Å². The van der Waals surface area contributed by atoms with E-state index in [2.05, 4.69) is 52.0 Å². The van der Waals surface area contributed by atoms with E-state index in [1.54, 1.807) is 6.07 Å². The Morgan fingerprint density at radius 3 is 2.06 bits per heavy atom. The Morgan fingerprint density at radius 1 is 0.903 bits per heavy atom. The number of phenols is 1. The van der Waals surface area contributed by atoms with Gasteiger partial charge in [0.1, 0.15) is 5.75 Å². The molecule has 0 radical (unpaired) electrons. The van der Waals surface area contributed by atoms with E-state index < -0.39 is 0 Å². The Bertz CT molecular complexity index is 1070. The third-order valence-corrected chi connectivity index (χ3v) is 5.50. The summed E-state index contributed by atoms with van der Waals surface area (Å²) in [6.07, 6.45) is 0. The van der Waals surface area contributed by atoms with E-state index in [4.69, 9.17) is 9.98 Å². The summed E-state index contributed by atoms with van der Waals surface area (Å²) in [6.45, 7) is 10.8. The molecule has 1 heterocycles. The third-order valence-electron chi connectivity index (χ3n) is 5.50. The molecule has 31 heavy (non-hydrogen) atoms. The number of aromatic nitrogens is 1. The van der Waals surface area contributed by atoms with E-state index in [0.717, 1.165) is 28.5 Å². The molecule has 1 N–H and O–H groups in total. The highest BCUT2D eigenvalue weighted by molar-refractivity contribution is 6.00. The monoisotopic (exact) mass is 415 g/mol. The summed E-state index contributed by atoms with van der Waals surface area (Å²) >= 11 is 0. The number of phenolic OH excluding ortho intramolecular Hbond substituents is 1. The van der Waals surface area contributed by atoms with Crippen molar-refractivity contribution in [1.82, 2.24) is 4.98 Å². The molecule has 2 aromatic carbocycles. The zero-order valence-corrected chi connectivity index (χ0v) is 19.6. The van der Waals surface area contributed by atoms with E-state index in [9.17, 15) is 5.11 Å². The average molecular weight is 416 g/mol. The lowest BCUT2D eigenvalue weighted by Gasteiger charge is -2.18. The third kappa shape index (κ3) is 4.96. The molecule has 3 rings (SSSR count). The molecule has 3 aromatic rings. The average Bonchev–Trinajstić information content (AvgIpc) is 2.73. The number of benzene rings is 2. The minimum Gasteiger partial charge on any atom is -0.507 e. The van der Waals surface area contributed by atoms with Gasteiger partial charge in [0.2, 0.25) is 0 Å². The van der Waals surface area contributed by atoms with E-state index in [1.807, 2.05) is 50.2 Å². The van der Waals surface area contributed by atoms with Crippen molar-refractivity contribution in [2.24, 2.45) is 4.99 Å². The largest absolute Gasteiger partial charge is 0.507 e. The minimum atomic E-state index is 0.221. The van der Waals surface area contributed by atoms with Crippen LogP contribution in [-0.4, -0.2) is 29.9 Å². The molecule has 0 aliphatic heterocycles. The van der Waals surface area contributed by atoms with Gasteiger partial charge in [0.25, 0.3) is 0 Å². The first-order valence-electron chi connectivity index (χ1n) is 10.8. The van der Waals surface area contributed by atoms with Crippen molar-refractivity contribution in [3.05, 3.63) is 71.4 Å². The Balaban J connectivity index is 2.20. The van der Waals surface area contributed by atoms with Crippen molar-refractivity contribution in [2.75, 3.05) is 19.0 Å². The highest BCUT2D eigenvalue weighted by Gasteiger charge is 2.16. The lowest BCUT2D eigenvalue weighted by atomic mass is 9.93. The maximum Gasteiger partial charge on any atom is 0.124 e. The number of para-hydroxylation sites is 2. The number of rotatable bonds is 6. The molecule has 4 heteroatoms. The molecular weight excluding hydrogens is 382 g/mol. The zero-order valence-electron chi connectivity index (χ0n) is 19.6. The van der Waals surface area contributed by atoms with Crippen LogP contribution >= 0.6 is 0 Å². The number of pyridine rings is 1. The molecular formula is C27H33N3O. The van der Waals surface area contributed by atoms with Gasteiger partial charge >= 0.3 is 0 Å². The number of hydrogen-bond donors (Lipinski definition) is 1. The molecule has 0 aliphatic carbocycles. The van der Waals surface area contributed by atoms with Crippen LogP contribution in [-0.2, 0) is 0 Å². The van der Waals surface area contributed by atoms with Gasteiger partial charge in [-0.25, -0.2) is 4.98 Å². The van der Waals surface area contributed by atoms with E-state index in [-0.39, 0.29) is 5.75 Å². The lowest BCUT2D eigenvalue weighted by Crippen LogP contribution is -2.11. The van der Waals surface area contributed by atoms with Gasteiger partial charge in [-0.15, -0.1) is 0 Å².